The van der Waals surface area contributed by atoms with Gasteiger partial charge < -0.3 is 14.8 Å². The van der Waals surface area contributed by atoms with Crippen molar-refractivity contribution >= 4 is 25.4 Å². The first-order valence-corrected chi connectivity index (χ1v) is 10.7. The number of halogens is 1. The molecule has 2 heterocycles. The molecule has 1 unspecified atom stereocenters. The minimum Gasteiger partial charge on any atom is -0.361 e. The van der Waals surface area contributed by atoms with Crippen LogP contribution in [0, 0.1) is 17.1 Å². The smallest absolute Gasteiger partial charge is 0.123 e. The van der Waals surface area contributed by atoms with E-state index in [0.717, 1.165) is 68.3 Å². The van der Waals surface area contributed by atoms with E-state index in [9.17, 15) is 4.39 Å². The lowest BCUT2D eigenvalue weighted by Gasteiger charge is -2.34. The highest BCUT2D eigenvalue weighted by molar-refractivity contribution is 7.27. The van der Waals surface area contributed by atoms with Crippen LogP contribution in [0.4, 0.5) is 4.39 Å². The molecule has 2 aromatic carbocycles. The van der Waals surface area contributed by atoms with Crippen molar-refractivity contribution in [3.05, 3.63) is 65.1 Å². The van der Waals surface area contributed by atoms with Crippen LogP contribution in [0.5, 0.6) is 0 Å². The molecule has 1 N–H and O–H groups in total. The molecule has 1 aliphatic heterocycles. The van der Waals surface area contributed by atoms with Gasteiger partial charge in [-0.05, 0) is 59.6 Å². The van der Waals surface area contributed by atoms with Crippen molar-refractivity contribution in [2.24, 2.45) is 0 Å². The Labute approximate surface area is 173 Å². The molecule has 3 aromatic rings. The average molecular weight is 408 g/mol. The number of nitriles is 1. The molecule has 0 saturated carbocycles. The number of aromatic amines is 1. The summed E-state index contributed by atoms with van der Waals surface area (Å²) < 4.78 is 13.2. The topological polar surface area (TPSA) is 46.1 Å². The lowest BCUT2D eigenvalue weighted by atomic mass is 10.1. The van der Waals surface area contributed by atoms with E-state index < -0.39 is 0 Å². The summed E-state index contributed by atoms with van der Waals surface area (Å²) >= 11 is 0. The van der Waals surface area contributed by atoms with Gasteiger partial charge in [-0.3, -0.25) is 0 Å². The predicted octanol–water partition coefficient (Wildman–Crippen LogP) is 3.08. The zero-order valence-electron chi connectivity index (χ0n) is 16.5. The predicted molar refractivity (Wildman–Crippen MR) is 119 cm³/mol. The zero-order valence-corrected chi connectivity index (χ0v) is 17.6. The van der Waals surface area contributed by atoms with Crippen molar-refractivity contribution in [1.29, 1.82) is 5.26 Å². The summed E-state index contributed by atoms with van der Waals surface area (Å²) in [6.45, 7) is 6.33. The molecule has 0 aliphatic carbocycles. The fourth-order valence-corrected chi connectivity index (χ4v) is 4.44. The summed E-state index contributed by atoms with van der Waals surface area (Å²) in [5.41, 5.74) is 4.29. The summed E-state index contributed by atoms with van der Waals surface area (Å²) in [6.07, 6.45) is 4.02. The lowest BCUT2D eigenvalue weighted by Crippen LogP contribution is -2.47. The van der Waals surface area contributed by atoms with E-state index in [1.807, 2.05) is 24.3 Å². The van der Waals surface area contributed by atoms with Crippen molar-refractivity contribution in [2.45, 2.75) is 12.8 Å². The average Bonchev–Trinajstić information content (AvgIpc) is 3.14. The van der Waals surface area contributed by atoms with Crippen LogP contribution in [-0.2, 0) is 12.8 Å². The van der Waals surface area contributed by atoms with Gasteiger partial charge in [0.25, 0.3) is 0 Å². The first-order valence-electron chi connectivity index (χ1n) is 10.1. The van der Waals surface area contributed by atoms with Crippen LogP contribution in [0.2, 0.25) is 0 Å². The van der Waals surface area contributed by atoms with E-state index in [0.29, 0.717) is 5.56 Å². The fraction of sp³-hybridized carbons (Fsp3) is 0.348. The Hall–Kier alpha value is -2.25. The Bertz CT molecular complexity index is 1030. The van der Waals surface area contributed by atoms with Crippen molar-refractivity contribution in [1.82, 2.24) is 14.8 Å². The normalized spacial score (nSPS) is 15.6. The molecule has 0 radical (unpaired) electrons. The second-order valence-electron chi connectivity index (χ2n) is 7.71. The Balaban J connectivity index is 1.26. The van der Waals surface area contributed by atoms with Crippen LogP contribution < -0.4 is 5.30 Å². The molecule has 1 aromatic heterocycles. The van der Waals surface area contributed by atoms with Gasteiger partial charge in [0, 0.05) is 56.4 Å². The molecule has 4 rings (SSSR count). The quantitative estimate of drug-likeness (QED) is 0.638. The molecule has 0 amide bonds. The van der Waals surface area contributed by atoms with Gasteiger partial charge in [0.05, 0.1) is 11.6 Å². The number of nitrogens with one attached hydrogen (secondary N) is 1. The number of nitrogens with zero attached hydrogens (tertiary/aromatic N) is 3. The molecule has 1 fully saturated rings. The number of hydrogen-bond acceptors (Lipinski definition) is 3. The van der Waals surface area contributed by atoms with E-state index >= 15 is 0 Å². The van der Waals surface area contributed by atoms with Gasteiger partial charge in [0.15, 0.2) is 0 Å². The molecule has 1 atom stereocenters. The molecular weight excluding hydrogens is 382 g/mol. The van der Waals surface area contributed by atoms with Crippen molar-refractivity contribution in [2.75, 3.05) is 39.3 Å². The van der Waals surface area contributed by atoms with Gasteiger partial charge >= 0.3 is 0 Å². The maximum atomic E-state index is 13.2. The van der Waals surface area contributed by atoms with Crippen LogP contribution in [0.3, 0.4) is 0 Å². The first kappa shape index (κ1) is 20.0. The summed E-state index contributed by atoms with van der Waals surface area (Å²) in [4.78, 5) is 8.32. The summed E-state index contributed by atoms with van der Waals surface area (Å²) in [6, 6.07) is 13.1. The number of hydrogen-bond donors (Lipinski definition) is 1. The number of piperazine rings is 1. The molecular formula is C23H26FN4P. The number of benzene rings is 2. The number of fused-ring (bicyclic) bond motifs is 1. The maximum Gasteiger partial charge on any atom is 0.123 e. The largest absolute Gasteiger partial charge is 0.361 e. The fourth-order valence-electron chi connectivity index (χ4n) is 4.04. The van der Waals surface area contributed by atoms with Crippen LogP contribution in [-0.4, -0.2) is 54.1 Å². The number of rotatable bonds is 6. The third kappa shape index (κ3) is 4.85. The second kappa shape index (κ2) is 9.05. The standard InChI is InChI=1S/C23H26FN4P/c24-20-3-2-18(23(29)14-20)5-7-27-9-11-28(12-10-27)8-6-19-16-26-22-4-1-17(15-25)13-21(19)22/h1-4,13-14,16,26H,5-12,29H2. The molecule has 0 spiro atoms. The number of H-pyrrole nitrogens is 1. The van der Waals surface area contributed by atoms with Crippen LogP contribution >= 0.6 is 9.24 Å². The van der Waals surface area contributed by atoms with Crippen molar-refractivity contribution < 1.29 is 4.39 Å². The lowest BCUT2D eigenvalue weighted by molar-refractivity contribution is 0.135. The van der Waals surface area contributed by atoms with E-state index in [-0.39, 0.29) is 5.82 Å². The minimum atomic E-state index is -0.175. The van der Waals surface area contributed by atoms with E-state index in [2.05, 4.69) is 36.3 Å². The summed E-state index contributed by atoms with van der Waals surface area (Å²) in [7, 11) is 2.64. The van der Waals surface area contributed by atoms with Gasteiger partial charge in [0.2, 0.25) is 0 Å². The van der Waals surface area contributed by atoms with Crippen LogP contribution in [0.15, 0.2) is 42.6 Å². The van der Waals surface area contributed by atoms with Crippen LogP contribution in [0.1, 0.15) is 16.7 Å². The molecule has 0 bridgehead atoms. The SMILES string of the molecule is N#Cc1ccc2[nH]cc(CCN3CCN(CCc4ccc(F)cc4P)CC3)c2c1. The minimum absolute atomic E-state index is 0.175. The third-order valence-electron chi connectivity index (χ3n) is 5.86. The highest BCUT2D eigenvalue weighted by Crippen LogP contribution is 2.20. The molecule has 1 aliphatic rings. The molecule has 150 valence electrons. The highest BCUT2D eigenvalue weighted by atomic mass is 31.0. The maximum absolute atomic E-state index is 13.2. The monoisotopic (exact) mass is 408 g/mol. The highest BCUT2D eigenvalue weighted by Gasteiger charge is 2.17. The van der Waals surface area contributed by atoms with Crippen LogP contribution in [0.25, 0.3) is 10.9 Å². The van der Waals surface area contributed by atoms with Gasteiger partial charge in [-0.25, -0.2) is 4.39 Å². The Kier molecular flexibility index (Phi) is 6.25. The van der Waals surface area contributed by atoms with E-state index in [1.54, 1.807) is 12.1 Å². The molecule has 4 nitrogen and oxygen atoms in total. The van der Waals surface area contributed by atoms with E-state index in [1.165, 1.54) is 11.1 Å². The van der Waals surface area contributed by atoms with E-state index in [4.69, 9.17) is 5.26 Å². The van der Waals surface area contributed by atoms with Crippen molar-refractivity contribution in [3.8, 4) is 6.07 Å². The second-order valence-corrected chi connectivity index (χ2v) is 8.33. The molecule has 6 heteroatoms. The van der Waals surface area contributed by atoms with Gasteiger partial charge in [-0.15, -0.1) is 9.24 Å². The Morgan fingerprint density at radius 3 is 2.31 bits per heavy atom. The Morgan fingerprint density at radius 2 is 1.66 bits per heavy atom. The summed E-state index contributed by atoms with van der Waals surface area (Å²) in [5.74, 6) is -0.175. The van der Waals surface area contributed by atoms with Gasteiger partial charge in [0.1, 0.15) is 5.82 Å². The summed E-state index contributed by atoms with van der Waals surface area (Å²) in [5, 5.41) is 11.3. The number of aromatic nitrogens is 1. The van der Waals surface area contributed by atoms with Gasteiger partial charge in [-0.2, -0.15) is 5.26 Å². The van der Waals surface area contributed by atoms with Crippen molar-refractivity contribution in [3.63, 3.8) is 0 Å². The molecule has 29 heavy (non-hydrogen) atoms. The third-order valence-corrected chi connectivity index (χ3v) is 6.40. The first-order chi connectivity index (χ1) is 14.1. The zero-order chi connectivity index (χ0) is 20.2. The van der Waals surface area contributed by atoms with Gasteiger partial charge in [-0.1, -0.05) is 6.07 Å². The molecule has 1 saturated heterocycles. The Morgan fingerprint density at radius 1 is 0.966 bits per heavy atom.